The van der Waals surface area contributed by atoms with Crippen molar-refractivity contribution in [1.82, 2.24) is 20.2 Å². The Hall–Kier alpha value is -1.46. The zero-order valence-electron chi connectivity index (χ0n) is 10.1. The second-order valence-electron chi connectivity index (χ2n) is 4.12. The van der Waals surface area contributed by atoms with Crippen LogP contribution in [-0.2, 0) is 13.0 Å². The Morgan fingerprint density at radius 1 is 1.17 bits per heavy atom. The van der Waals surface area contributed by atoms with Crippen LogP contribution in [0.25, 0.3) is 0 Å². The average Bonchev–Trinajstić information content (AvgIpc) is 2.80. The Kier molecular flexibility index (Phi) is 4.66. The zero-order valence-corrected chi connectivity index (χ0v) is 10.8. The number of nitrogens with two attached hydrogens (primary N) is 1. The van der Waals surface area contributed by atoms with Gasteiger partial charge in [0.15, 0.2) is 5.82 Å². The summed E-state index contributed by atoms with van der Waals surface area (Å²) in [5.41, 5.74) is 6.62. The van der Waals surface area contributed by atoms with E-state index in [-0.39, 0.29) is 0 Å². The van der Waals surface area contributed by atoms with Gasteiger partial charge in [0.25, 0.3) is 0 Å². The summed E-state index contributed by atoms with van der Waals surface area (Å²) in [6, 6.07) is 7.72. The third kappa shape index (κ3) is 3.51. The standard InChI is InChI=1S/C12H16ClN5/c13-11-5-3-10(4-6-11)9-12-15-16-17-18(12)8-2-1-7-14/h3-6H,1-2,7-9,14H2. The van der Waals surface area contributed by atoms with E-state index in [1.54, 1.807) is 0 Å². The monoisotopic (exact) mass is 265 g/mol. The lowest BCUT2D eigenvalue weighted by molar-refractivity contribution is 0.529. The zero-order chi connectivity index (χ0) is 12.8. The Bertz CT molecular complexity index is 479. The summed E-state index contributed by atoms with van der Waals surface area (Å²) >= 11 is 5.85. The molecule has 1 heterocycles. The van der Waals surface area contributed by atoms with Gasteiger partial charge in [0, 0.05) is 18.0 Å². The van der Waals surface area contributed by atoms with Crippen molar-refractivity contribution in [2.45, 2.75) is 25.8 Å². The van der Waals surface area contributed by atoms with Gasteiger partial charge in [-0.25, -0.2) is 4.68 Å². The first-order valence-electron chi connectivity index (χ1n) is 5.99. The van der Waals surface area contributed by atoms with Crippen molar-refractivity contribution in [2.24, 2.45) is 5.73 Å². The van der Waals surface area contributed by atoms with Crippen molar-refractivity contribution in [3.8, 4) is 0 Å². The molecule has 0 saturated heterocycles. The molecule has 1 aromatic carbocycles. The molecule has 0 bridgehead atoms. The molecule has 0 fully saturated rings. The van der Waals surface area contributed by atoms with Crippen LogP contribution in [0.2, 0.25) is 5.02 Å². The Morgan fingerprint density at radius 3 is 2.67 bits per heavy atom. The van der Waals surface area contributed by atoms with E-state index in [1.807, 2.05) is 28.9 Å². The summed E-state index contributed by atoms with van der Waals surface area (Å²) in [5, 5.41) is 12.5. The number of hydrogen-bond donors (Lipinski definition) is 1. The van der Waals surface area contributed by atoms with Crippen LogP contribution in [0.5, 0.6) is 0 Å². The first kappa shape index (κ1) is 13.0. The number of rotatable bonds is 6. The highest BCUT2D eigenvalue weighted by Crippen LogP contribution is 2.12. The van der Waals surface area contributed by atoms with E-state index in [1.165, 1.54) is 0 Å². The number of hydrogen-bond acceptors (Lipinski definition) is 4. The topological polar surface area (TPSA) is 69.6 Å². The minimum absolute atomic E-state index is 0.703. The third-order valence-electron chi connectivity index (χ3n) is 2.71. The van der Waals surface area contributed by atoms with Crippen molar-refractivity contribution < 1.29 is 0 Å². The fraction of sp³-hybridized carbons (Fsp3) is 0.417. The molecule has 2 N–H and O–H groups in total. The first-order chi connectivity index (χ1) is 8.79. The van der Waals surface area contributed by atoms with Crippen LogP contribution in [0.3, 0.4) is 0 Å². The normalized spacial score (nSPS) is 10.8. The second kappa shape index (κ2) is 6.47. The SMILES string of the molecule is NCCCCn1nnnc1Cc1ccc(Cl)cc1. The van der Waals surface area contributed by atoms with Gasteiger partial charge in [-0.3, -0.25) is 0 Å². The number of unbranched alkanes of at least 4 members (excludes halogenated alkanes) is 1. The summed E-state index contributed by atoms with van der Waals surface area (Å²) in [6.07, 6.45) is 2.70. The highest BCUT2D eigenvalue weighted by atomic mass is 35.5. The molecular formula is C12H16ClN5. The quantitative estimate of drug-likeness (QED) is 0.807. The van der Waals surface area contributed by atoms with Gasteiger partial charge >= 0.3 is 0 Å². The summed E-state index contributed by atoms with van der Waals surface area (Å²) in [5.74, 6) is 0.870. The number of aromatic nitrogens is 4. The number of aryl methyl sites for hydroxylation is 1. The lowest BCUT2D eigenvalue weighted by Crippen LogP contribution is -2.08. The smallest absolute Gasteiger partial charge is 0.155 e. The van der Waals surface area contributed by atoms with E-state index in [9.17, 15) is 0 Å². The lowest BCUT2D eigenvalue weighted by atomic mass is 10.1. The van der Waals surface area contributed by atoms with Crippen molar-refractivity contribution in [3.05, 3.63) is 40.7 Å². The molecule has 0 amide bonds. The van der Waals surface area contributed by atoms with Gasteiger partial charge in [-0.15, -0.1) is 5.10 Å². The largest absolute Gasteiger partial charge is 0.330 e. The van der Waals surface area contributed by atoms with Crippen LogP contribution in [-0.4, -0.2) is 26.8 Å². The first-order valence-corrected chi connectivity index (χ1v) is 6.37. The maximum absolute atomic E-state index is 5.85. The Morgan fingerprint density at radius 2 is 1.94 bits per heavy atom. The van der Waals surface area contributed by atoms with Crippen molar-refractivity contribution in [2.75, 3.05) is 6.54 Å². The summed E-state index contributed by atoms with van der Waals surface area (Å²) in [7, 11) is 0. The van der Waals surface area contributed by atoms with Gasteiger partial charge in [0.2, 0.25) is 0 Å². The number of halogens is 1. The van der Waals surface area contributed by atoms with Crippen LogP contribution in [0.4, 0.5) is 0 Å². The molecule has 6 heteroatoms. The molecule has 0 saturated carbocycles. The summed E-state index contributed by atoms with van der Waals surface area (Å²) in [6.45, 7) is 1.52. The van der Waals surface area contributed by atoms with Crippen LogP contribution in [0.15, 0.2) is 24.3 Å². The highest BCUT2D eigenvalue weighted by molar-refractivity contribution is 6.30. The summed E-state index contributed by atoms with van der Waals surface area (Å²) < 4.78 is 1.84. The molecule has 18 heavy (non-hydrogen) atoms. The van der Waals surface area contributed by atoms with Crippen molar-refractivity contribution in [3.63, 3.8) is 0 Å². The maximum Gasteiger partial charge on any atom is 0.155 e. The average molecular weight is 266 g/mol. The molecule has 2 aromatic rings. The Balaban J connectivity index is 2.00. The van der Waals surface area contributed by atoms with Crippen LogP contribution >= 0.6 is 11.6 Å². The van der Waals surface area contributed by atoms with Gasteiger partial charge in [0.05, 0.1) is 0 Å². The van der Waals surface area contributed by atoms with Gasteiger partial charge in [-0.05, 0) is 47.5 Å². The van der Waals surface area contributed by atoms with E-state index in [4.69, 9.17) is 17.3 Å². The molecule has 5 nitrogen and oxygen atoms in total. The van der Waals surface area contributed by atoms with E-state index in [0.717, 1.165) is 35.8 Å². The molecule has 0 aliphatic carbocycles. The lowest BCUT2D eigenvalue weighted by Gasteiger charge is -2.04. The third-order valence-corrected chi connectivity index (χ3v) is 2.96. The van der Waals surface area contributed by atoms with Crippen LogP contribution in [0, 0.1) is 0 Å². The van der Waals surface area contributed by atoms with E-state index < -0.39 is 0 Å². The molecule has 0 unspecified atom stereocenters. The van der Waals surface area contributed by atoms with E-state index in [2.05, 4.69) is 15.5 Å². The number of tetrazole rings is 1. The predicted octanol–water partition coefficient (Wildman–Crippen LogP) is 1.66. The van der Waals surface area contributed by atoms with E-state index >= 15 is 0 Å². The van der Waals surface area contributed by atoms with Crippen molar-refractivity contribution in [1.29, 1.82) is 0 Å². The molecule has 2 rings (SSSR count). The second-order valence-corrected chi connectivity index (χ2v) is 4.55. The molecule has 0 aliphatic rings. The molecule has 96 valence electrons. The highest BCUT2D eigenvalue weighted by Gasteiger charge is 2.06. The molecule has 0 aliphatic heterocycles. The van der Waals surface area contributed by atoms with Gasteiger partial charge in [-0.1, -0.05) is 23.7 Å². The molecule has 0 radical (unpaired) electrons. The van der Waals surface area contributed by atoms with Crippen LogP contribution < -0.4 is 5.73 Å². The van der Waals surface area contributed by atoms with Gasteiger partial charge in [-0.2, -0.15) is 0 Å². The molecule has 0 spiro atoms. The fourth-order valence-corrected chi connectivity index (χ4v) is 1.84. The molecular weight excluding hydrogens is 250 g/mol. The van der Waals surface area contributed by atoms with E-state index in [0.29, 0.717) is 13.0 Å². The van der Waals surface area contributed by atoms with Crippen LogP contribution in [0.1, 0.15) is 24.2 Å². The molecule has 1 aromatic heterocycles. The predicted molar refractivity (Wildman–Crippen MR) is 70.4 cm³/mol. The maximum atomic E-state index is 5.85. The van der Waals surface area contributed by atoms with Gasteiger partial charge < -0.3 is 5.73 Å². The Labute approximate surface area is 111 Å². The fourth-order valence-electron chi connectivity index (χ4n) is 1.71. The minimum atomic E-state index is 0.703. The van der Waals surface area contributed by atoms with Gasteiger partial charge in [0.1, 0.15) is 0 Å². The number of benzene rings is 1. The van der Waals surface area contributed by atoms with Crippen molar-refractivity contribution >= 4 is 11.6 Å². The molecule has 0 atom stereocenters. The summed E-state index contributed by atoms with van der Waals surface area (Å²) in [4.78, 5) is 0. The minimum Gasteiger partial charge on any atom is -0.330 e. The number of nitrogens with zero attached hydrogens (tertiary/aromatic N) is 4.